The van der Waals surface area contributed by atoms with Gasteiger partial charge in [-0.3, -0.25) is 4.79 Å². The summed E-state index contributed by atoms with van der Waals surface area (Å²) in [4.78, 5) is 11.5. The van der Waals surface area contributed by atoms with Crippen LogP contribution in [0.4, 0.5) is 0 Å². The lowest BCUT2D eigenvalue weighted by Gasteiger charge is -2.13. The van der Waals surface area contributed by atoms with Crippen LogP contribution >= 0.6 is 11.3 Å². The Morgan fingerprint density at radius 2 is 2.18 bits per heavy atom. The predicted octanol–water partition coefficient (Wildman–Crippen LogP) is 2.04. The third-order valence-electron chi connectivity index (χ3n) is 2.44. The van der Waals surface area contributed by atoms with Crippen molar-refractivity contribution in [1.82, 2.24) is 10.6 Å². The van der Waals surface area contributed by atoms with Gasteiger partial charge in [-0.15, -0.1) is 0 Å². The highest BCUT2D eigenvalue weighted by molar-refractivity contribution is 7.07. The predicted molar refractivity (Wildman–Crippen MR) is 73.3 cm³/mol. The van der Waals surface area contributed by atoms with Crippen molar-refractivity contribution in [1.29, 1.82) is 0 Å². The molecule has 0 aliphatic heterocycles. The molecule has 0 aliphatic rings. The van der Waals surface area contributed by atoms with Crippen molar-refractivity contribution >= 4 is 17.2 Å². The van der Waals surface area contributed by atoms with E-state index in [0.717, 1.165) is 13.0 Å². The Morgan fingerprint density at radius 3 is 2.76 bits per heavy atom. The molecule has 1 atom stereocenters. The summed E-state index contributed by atoms with van der Waals surface area (Å²) in [6.07, 6.45) is 0.973. The lowest BCUT2D eigenvalue weighted by atomic mass is 10.1. The molecule has 0 aliphatic carbocycles. The summed E-state index contributed by atoms with van der Waals surface area (Å²) in [5.74, 6) is 0.582. The molecule has 0 saturated heterocycles. The number of hydrogen-bond acceptors (Lipinski definition) is 3. The summed E-state index contributed by atoms with van der Waals surface area (Å²) >= 11 is 1.71. The zero-order valence-corrected chi connectivity index (χ0v) is 11.6. The van der Waals surface area contributed by atoms with Crippen molar-refractivity contribution in [2.75, 3.05) is 13.1 Å². The summed E-state index contributed by atoms with van der Waals surface area (Å²) in [5.41, 5.74) is 1.33. The monoisotopic (exact) mass is 254 g/mol. The summed E-state index contributed by atoms with van der Waals surface area (Å²) in [7, 11) is 0. The van der Waals surface area contributed by atoms with Crippen LogP contribution in [0.2, 0.25) is 0 Å². The summed E-state index contributed by atoms with van der Waals surface area (Å²) in [6, 6.07) is 2.45. The average molecular weight is 254 g/mol. The SMILES string of the molecule is CC(C)CNC(=O)CNC(C)Cc1ccsc1. The smallest absolute Gasteiger partial charge is 0.233 e. The Bertz CT molecular complexity index is 322. The Morgan fingerprint density at radius 1 is 1.41 bits per heavy atom. The van der Waals surface area contributed by atoms with Crippen LogP contribution in [0.1, 0.15) is 26.3 Å². The summed E-state index contributed by atoms with van der Waals surface area (Å²) in [6.45, 7) is 7.44. The molecule has 0 spiro atoms. The number of amides is 1. The second kappa shape index (κ2) is 7.45. The molecule has 3 nitrogen and oxygen atoms in total. The molecule has 96 valence electrons. The van der Waals surface area contributed by atoms with Gasteiger partial charge in [0.25, 0.3) is 0 Å². The van der Waals surface area contributed by atoms with Crippen molar-refractivity contribution in [3.05, 3.63) is 22.4 Å². The molecule has 4 heteroatoms. The highest BCUT2D eigenvalue weighted by Gasteiger charge is 2.06. The Kier molecular flexibility index (Phi) is 6.22. The van der Waals surface area contributed by atoms with Crippen LogP contribution in [0.5, 0.6) is 0 Å². The van der Waals surface area contributed by atoms with Gasteiger partial charge in [-0.05, 0) is 41.7 Å². The van der Waals surface area contributed by atoms with Crippen LogP contribution in [-0.4, -0.2) is 25.0 Å². The Balaban J connectivity index is 2.15. The van der Waals surface area contributed by atoms with E-state index >= 15 is 0 Å². The molecule has 0 aromatic carbocycles. The second-order valence-corrected chi connectivity index (χ2v) is 5.60. The van der Waals surface area contributed by atoms with E-state index in [1.165, 1.54) is 5.56 Å². The fourth-order valence-corrected chi connectivity index (χ4v) is 2.16. The molecular formula is C13H22N2OS. The molecule has 0 bridgehead atoms. The topological polar surface area (TPSA) is 41.1 Å². The van der Waals surface area contributed by atoms with Gasteiger partial charge >= 0.3 is 0 Å². The molecule has 1 unspecified atom stereocenters. The van der Waals surface area contributed by atoms with Crippen LogP contribution in [0.25, 0.3) is 0 Å². The van der Waals surface area contributed by atoms with E-state index in [1.54, 1.807) is 11.3 Å². The van der Waals surface area contributed by atoms with Gasteiger partial charge in [0.05, 0.1) is 6.54 Å². The highest BCUT2D eigenvalue weighted by atomic mass is 32.1. The molecule has 2 N–H and O–H groups in total. The van der Waals surface area contributed by atoms with Gasteiger partial charge in [0.2, 0.25) is 5.91 Å². The maximum Gasteiger partial charge on any atom is 0.233 e. The zero-order chi connectivity index (χ0) is 12.7. The molecule has 1 amide bonds. The minimum atomic E-state index is 0.0795. The van der Waals surface area contributed by atoms with Crippen molar-refractivity contribution in [2.45, 2.75) is 33.2 Å². The number of hydrogen-bond donors (Lipinski definition) is 2. The summed E-state index contributed by atoms with van der Waals surface area (Å²) in [5, 5.41) is 10.4. The van der Waals surface area contributed by atoms with Gasteiger partial charge in [0.15, 0.2) is 0 Å². The molecule has 1 heterocycles. The normalized spacial score (nSPS) is 12.7. The Labute approximate surface area is 108 Å². The molecule has 0 saturated carbocycles. The fourth-order valence-electron chi connectivity index (χ4n) is 1.48. The summed E-state index contributed by atoms with van der Waals surface area (Å²) < 4.78 is 0. The van der Waals surface area contributed by atoms with E-state index in [4.69, 9.17) is 0 Å². The van der Waals surface area contributed by atoms with Gasteiger partial charge < -0.3 is 10.6 Å². The molecule has 0 radical (unpaired) electrons. The quantitative estimate of drug-likeness (QED) is 0.782. The molecular weight excluding hydrogens is 232 g/mol. The molecule has 1 aromatic rings. The van der Waals surface area contributed by atoms with E-state index in [1.807, 2.05) is 0 Å². The number of rotatable bonds is 7. The maximum absolute atomic E-state index is 11.5. The van der Waals surface area contributed by atoms with Gasteiger partial charge in [0.1, 0.15) is 0 Å². The van der Waals surface area contributed by atoms with E-state index in [2.05, 4.69) is 48.2 Å². The largest absolute Gasteiger partial charge is 0.355 e. The first-order chi connectivity index (χ1) is 8.08. The number of nitrogens with one attached hydrogen (secondary N) is 2. The van der Waals surface area contributed by atoms with E-state index in [-0.39, 0.29) is 5.91 Å². The fraction of sp³-hybridized carbons (Fsp3) is 0.615. The van der Waals surface area contributed by atoms with Gasteiger partial charge in [0, 0.05) is 12.6 Å². The minimum absolute atomic E-state index is 0.0795. The van der Waals surface area contributed by atoms with Crippen molar-refractivity contribution in [2.24, 2.45) is 5.92 Å². The second-order valence-electron chi connectivity index (χ2n) is 4.82. The molecule has 1 aromatic heterocycles. The van der Waals surface area contributed by atoms with Crippen LogP contribution < -0.4 is 10.6 Å². The van der Waals surface area contributed by atoms with E-state index in [9.17, 15) is 4.79 Å². The third kappa shape index (κ3) is 6.44. The van der Waals surface area contributed by atoms with E-state index < -0.39 is 0 Å². The number of carbonyl (C=O) groups is 1. The third-order valence-corrected chi connectivity index (χ3v) is 3.17. The van der Waals surface area contributed by atoms with Crippen molar-refractivity contribution in [3.63, 3.8) is 0 Å². The van der Waals surface area contributed by atoms with Crippen LogP contribution in [-0.2, 0) is 11.2 Å². The van der Waals surface area contributed by atoms with Crippen molar-refractivity contribution < 1.29 is 4.79 Å². The lowest BCUT2D eigenvalue weighted by molar-refractivity contribution is -0.120. The van der Waals surface area contributed by atoms with Crippen molar-refractivity contribution in [3.8, 4) is 0 Å². The standard InChI is InChI=1S/C13H22N2OS/c1-10(2)7-15-13(16)8-14-11(3)6-12-4-5-17-9-12/h4-5,9-11,14H,6-8H2,1-3H3,(H,15,16). The van der Waals surface area contributed by atoms with E-state index in [0.29, 0.717) is 18.5 Å². The van der Waals surface area contributed by atoms with Crippen LogP contribution in [0.3, 0.4) is 0 Å². The van der Waals surface area contributed by atoms with Gasteiger partial charge in [-0.1, -0.05) is 13.8 Å². The Hall–Kier alpha value is -0.870. The highest BCUT2D eigenvalue weighted by Crippen LogP contribution is 2.08. The number of carbonyl (C=O) groups excluding carboxylic acids is 1. The maximum atomic E-state index is 11.5. The van der Waals surface area contributed by atoms with Crippen LogP contribution in [0.15, 0.2) is 16.8 Å². The minimum Gasteiger partial charge on any atom is -0.355 e. The first-order valence-electron chi connectivity index (χ1n) is 6.09. The number of thiophene rings is 1. The first kappa shape index (κ1) is 14.2. The zero-order valence-electron chi connectivity index (χ0n) is 10.8. The molecule has 0 fully saturated rings. The first-order valence-corrected chi connectivity index (χ1v) is 7.03. The van der Waals surface area contributed by atoms with Gasteiger partial charge in [-0.2, -0.15) is 11.3 Å². The van der Waals surface area contributed by atoms with Crippen LogP contribution in [0, 0.1) is 5.92 Å². The lowest BCUT2D eigenvalue weighted by Crippen LogP contribution is -2.39. The average Bonchev–Trinajstić information content (AvgIpc) is 2.76. The molecule has 17 heavy (non-hydrogen) atoms. The molecule has 1 rings (SSSR count). The van der Waals surface area contributed by atoms with Gasteiger partial charge in [-0.25, -0.2) is 0 Å².